The standard InChI is InChI=1S/C21H25NO5/c1-15(2)13-19(20(23)22-17-9-11-18(25-3)12-10-17)27-21(24)26-14-16-7-5-4-6-8-16/h4-12,15,19H,13-14H2,1-3H3,(H,22,23)/t19-/m0/s1. The first-order chi connectivity index (χ1) is 13.0. The lowest BCUT2D eigenvalue weighted by molar-refractivity contribution is -0.126. The molecule has 0 saturated heterocycles. The number of nitrogens with one attached hydrogen (secondary N) is 1. The average Bonchev–Trinajstić information content (AvgIpc) is 2.67. The van der Waals surface area contributed by atoms with Crippen molar-refractivity contribution in [2.45, 2.75) is 33.0 Å². The molecule has 2 rings (SSSR count). The molecule has 2 aromatic carbocycles. The van der Waals surface area contributed by atoms with E-state index in [0.717, 1.165) is 5.56 Å². The van der Waals surface area contributed by atoms with Crippen LogP contribution in [0.1, 0.15) is 25.8 Å². The Morgan fingerprint density at radius 1 is 1.00 bits per heavy atom. The summed E-state index contributed by atoms with van der Waals surface area (Å²) in [4.78, 5) is 24.5. The summed E-state index contributed by atoms with van der Waals surface area (Å²) < 4.78 is 15.5. The zero-order valence-corrected chi connectivity index (χ0v) is 15.8. The largest absolute Gasteiger partial charge is 0.509 e. The Morgan fingerprint density at radius 2 is 1.67 bits per heavy atom. The average molecular weight is 371 g/mol. The fourth-order valence-corrected chi connectivity index (χ4v) is 2.40. The Labute approximate surface area is 159 Å². The van der Waals surface area contributed by atoms with Gasteiger partial charge in [0.25, 0.3) is 5.91 Å². The van der Waals surface area contributed by atoms with Gasteiger partial charge in [-0.25, -0.2) is 4.79 Å². The molecule has 0 fully saturated rings. The second-order valence-corrected chi connectivity index (χ2v) is 6.48. The number of benzene rings is 2. The second-order valence-electron chi connectivity index (χ2n) is 6.48. The number of rotatable bonds is 8. The van der Waals surface area contributed by atoms with Crippen molar-refractivity contribution in [3.05, 3.63) is 60.2 Å². The third kappa shape index (κ3) is 7.01. The summed E-state index contributed by atoms with van der Waals surface area (Å²) in [6.07, 6.45) is -1.41. The van der Waals surface area contributed by atoms with Crippen LogP contribution in [0.15, 0.2) is 54.6 Å². The van der Waals surface area contributed by atoms with Crippen molar-refractivity contribution in [2.75, 3.05) is 12.4 Å². The van der Waals surface area contributed by atoms with Crippen molar-refractivity contribution in [1.82, 2.24) is 0 Å². The molecule has 6 heteroatoms. The lowest BCUT2D eigenvalue weighted by Gasteiger charge is -2.19. The van der Waals surface area contributed by atoms with Gasteiger partial charge >= 0.3 is 6.16 Å². The molecule has 1 amide bonds. The van der Waals surface area contributed by atoms with Gasteiger partial charge in [0.15, 0.2) is 6.10 Å². The summed E-state index contributed by atoms with van der Waals surface area (Å²) in [6, 6.07) is 16.2. The maximum atomic E-state index is 12.5. The first kappa shape index (κ1) is 20.3. The van der Waals surface area contributed by atoms with Gasteiger partial charge in [0, 0.05) is 5.69 Å². The normalized spacial score (nSPS) is 11.6. The van der Waals surface area contributed by atoms with E-state index >= 15 is 0 Å². The molecule has 27 heavy (non-hydrogen) atoms. The van der Waals surface area contributed by atoms with E-state index in [1.807, 2.05) is 44.2 Å². The highest BCUT2D eigenvalue weighted by Crippen LogP contribution is 2.17. The topological polar surface area (TPSA) is 73.9 Å². The van der Waals surface area contributed by atoms with E-state index in [1.165, 1.54) is 0 Å². The third-order valence-electron chi connectivity index (χ3n) is 3.77. The molecule has 0 bridgehead atoms. The zero-order chi connectivity index (χ0) is 19.6. The number of carbonyl (C=O) groups excluding carboxylic acids is 2. The first-order valence-electron chi connectivity index (χ1n) is 8.80. The molecular weight excluding hydrogens is 346 g/mol. The van der Waals surface area contributed by atoms with Crippen LogP contribution in [0, 0.1) is 5.92 Å². The molecule has 0 unspecified atom stereocenters. The molecule has 1 atom stereocenters. The van der Waals surface area contributed by atoms with Crippen LogP contribution in [-0.4, -0.2) is 25.3 Å². The van der Waals surface area contributed by atoms with Gasteiger partial charge < -0.3 is 19.5 Å². The van der Waals surface area contributed by atoms with Crippen LogP contribution in [-0.2, 0) is 20.9 Å². The Balaban J connectivity index is 1.93. The van der Waals surface area contributed by atoms with E-state index in [2.05, 4.69) is 5.32 Å². The van der Waals surface area contributed by atoms with Gasteiger partial charge in [-0.15, -0.1) is 0 Å². The van der Waals surface area contributed by atoms with Crippen LogP contribution in [0.3, 0.4) is 0 Å². The molecule has 1 N–H and O–H groups in total. The van der Waals surface area contributed by atoms with Crippen molar-refractivity contribution in [2.24, 2.45) is 5.92 Å². The number of carbonyl (C=O) groups is 2. The van der Waals surface area contributed by atoms with Crippen LogP contribution in [0.2, 0.25) is 0 Å². The number of anilines is 1. The van der Waals surface area contributed by atoms with Gasteiger partial charge in [-0.3, -0.25) is 4.79 Å². The van der Waals surface area contributed by atoms with Crippen molar-refractivity contribution < 1.29 is 23.8 Å². The van der Waals surface area contributed by atoms with Crippen LogP contribution >= 0.6 is 0 Å². The zero-order valence-electron chi connectivity index (χ0n) is 15.8. The molecule has 2 aromatic rings. The quantitative estimate of drug-likeness (QED) is 0.696. The molecule has 0 aliphatic heterocycles. The predicted molar refractivity (Wildman–Crippen MR) is 103 cm³/mol. The molecule has 6 nitrogen and oxygen atoms in total. The minimum atomic E-state index is -0.935. The van der Waals surface area contributed by atoms with Crippen molar-refractivity contribution in [3.8, 4) is 5.75 Å². The molecule has 144 valence electrons. The van der Waals surface area contributed by atoms with Gasteiger partial charge in [-0.1, -0.05) is 44.2 Å². The predicted octanol–water partition coefficient (Wildman–Crippen LogP) is 4.40. The van der Waals surface area contributed by atoms with Gasteiger partial charge in [0.1, 0.15) is 12.4 Å². The Hall–Kier alpha value is -3.02. The summed E-state index contributed by atoms with van der Waals surface area (Å²) >= 11 is 0. The number of ether oxygens (including phenoxy) is 3. The molecule has 0 saturated carbocycles. The number of hydrogen-bond acceptors (Lipinski definition) is 5. The number of hydrogen-bond donors (Lipinski definition) is 1. The van der Waals surface area contributed by atoms with Gasteiger partial charge in [-0.2, -0.15) is 0 Å². The van der Waals surface area contributed by atoms with Gasteiger partial charge in [0.2, 0.25) is 0 Å². The Kier molecular flexibility index (Phi) is 7.67. The lowest BCUT2D eigenvalue weighted by atomic mass is 10.1. The molecule has 0 aliphatic rings. The molecule has 0 spiro atoms. The summed E-state index contributed by atoms with van der Waals surface area (Å²) in [5.74, 6) is 0.455. The van der Waals surface area contributed by atoms with E-state index in [0.29, 0.717) is 17.9 Å². The molecule has 0 aromatic heterocycles. The Bertz CT molecular complexity index is 728. The maximum Gasteiger partial charge on any atom is 0.509 e. The summed E-state index contributed by atoms with van der Waals surface area (Å²) in [5.41, 5.74) is 1.44. The monoisotopic (exact) mass is 371 g/mol. The van der Waals surface area contributed by atoms with Crippen molar-refractivity contribution >= 4 is 17.7 Å². The summed E-state index contributed by atoms with van der Waals surface area (Å²) in [7, 11) is 1.57. The highest BCUT2D eigenvalue weighted by atomic mass is 16.7. The molecular formula is C21H25NO5. The molecule has 0 aliphatic carbocycles. The Morgan fingerprint density at radius 3 is 2.26 bits per heavy atom. The summed E-state index contributed by atoms with van der Waals surface area (Å²) in [6.45, 7) is 3.99. The van der Waals surface area contributed by atoms with Crippen molar-refractivity contribution in [3.63, 3.8) is 0 Å². The first-order valence-corrected chi connectivity index (χ1v) is 8.80. The number of amides is 1. The van der Waals surface area contributed by atoms with E-state index in [1.54, 1.807) is 31.4 Å². The van der Waals surface area contributed by atoms with Crippen LogP contribution in [0.4, 0.5) is 10.5 Å². The van der Waals surface area contributed by atoms with E-state index in [-0.39, 0.29) is 12.5 Å². The molecule has 0 heterocycles. The number of methoxy groups -OCH3 is 1. The van der Waals surface area contributed by atoms with Crippen LogP contribution in [0.5, 0.6) is 5.75 Å². The van der Waals surface area contributed by atoms with Crippen LogP contribution in [0.25, 0.3) is 0 Å². The minimum Gasteiger partial charge on any atom is -0.497 e. The SMILES string of the molecule is COc1ccc(NC(=O)[C@H](CC(C)C)OC(=O)OCc2ccccc2)cc1. The lowest BCUT2D eigenvalue weighted by Crippen LogP contribution is -2.34. The van der Waals surface area contributed by atoms with E-state index in [9.17, 15) is 9.59 Å². The smallest absolute Gasteiger partial charge is 0.497 e. The van der Waals surface area contributed by atoms with Crippen molar-refractivity contribution in [1.29, 1.82) is 0 Å². The summed E-state index contributed by atoms with van der Waals surface area (Å²) in [5, 5.41) is 2.75. The minimum absolute atomic E-state index is 0.0914. The van der Waals surface area contributed by atoms with Gasteiger partial charge in [0.05, 0.1) is 7.11 Å². The molecule has 0 radical (unpaired) electrons. The van der Waals surface area contributed by atoms with Gasteiger partial charge in [-0.05, 0) is 42.2 Å². The second kappa shape index (κ2) is 10.2. The maximum absolute atomic E-state index is 12.5. The third-order valence-corrected chi connectivity index (χ3v) is 3.77. The fourth-order valence-electron chi connectivity index (χ4n) is 2.40. The van der Waals surface area contributed by atoms with E-state index in [4.69, 9.17) is 14.2 Å². The highest BCUT2D eigenvalue weighted by Gasteiger charge is 2.25. The fraction of sp³-hybridized carbons (Fsp3) is 0.333. The van der Waals surface area contributed by atoms with E-state index < -0.39 is 18.2 Å². The van der Waals surface area contributed by atoms with Crippen LogP contribution < -0.4 is 10.1 Å². The highest BCUT2D eigenvalue weighted by molar-refractivity contribution is 5.95.